The number of para-hydroxylation sites is 1. The van der Waals surface area contributed by atoms with E-state index in [4.69, 9.17) is 0 Å². The molecule has 2 heterocycles. The van der Waals surface area contributed by atoms with Crippen LogP contribution in [0.2, 0.25) is 0 Å². The molecule has 1 atom stereocenters. The first-order valence-corrected chi connectivity index (χ1v) is 11.5. The van der Waals surface area contributed by atoms with Crippen molar-refractivity contribution in [2.75, 3.05) is 38.1 Å². The highest BCUT2D eigenvalue weighted by atomic mass is 16.6. The fraction of sp³-hybridized carbons (Fsp3) is 0.308. The minimum absolute atomic E-state index is 0.0861. The fourth-order valence-electron chi connectivity index (χ4n) is 4.48. The van der Waals surface area contributed by atoms with Crippen LogP contribution in [0, 0.1) is 10.1 Å². The van der Waals surface area contributed by atoms with Crippen molar-refractivity contribution >= 4 is 23.0 Å². The Balaban J connectivity index is 1.88. The molecule has 8 heteroatoms. The van der Waals surface area contributed by atoms with Crippen molar-refractivity contribution < 1.29 is 9.72 Å². The molecular formula is C26H29N5O3. The number of rotatable bonds is 8. The van der Waals surface area contributed by atoms with Gasteiger partial charge in [0.25, 0.3) is 0 Å². The minimum Gasteiger partial charge on any atom is -0.304 e. The summed E-state index contributed by atoms with van der Waals surface area (Å²) >= 11 is 0. The Morgan fingerprint density at radius 3 is 2.38 bits per heavy atom. The van der Waals surface area contributed by atoms with Crippen LogP contribution in [0.3, 0.4) is 0 Å². The number of hydrogen-bond donors (Lipinski definition) is 0. The van der Waals surface area contributed by atoms with Gasteiger partial charge in [-0.2, -0.15) is 0 Å². The van der Waals surface area contributed by atoms with E-state index in [1.54, 1.807) is 30.5 Å². The second-order valence-electron chi connectivity index (χ2n) is 8.41. The molecule has 2 aromatic carbocycles. The van der Waals surface area contributed by atoms with E-state index in [1.165, 1.54) is 6.07 Å². The van der Waals surface area contributed by atoms with Crippen LogP contribution in [0.1, 0.15) is 29.3 Å². The highest BCUT2D eigenvalue weighted by molar-refractivity contribution is 6.12. The van der Waals surface area contributed by atoms with Gasteiger partial charge in [-0.25, -0.2) is 4.98 Å². The summed E-state index contributed by atoms with van der Waals surface area (Å²) in [5.41, 5.74) is 1.58. The zero-order chi connectivity index (χ0) is 24.1. The molecule has 176 valence electrons. The summed E-state index contributed by atoms with van der Waals surface area (Å²) in [5.74, 6) is 0.111. The van der Waals surface area contributed by atoms with Crippen molar-refractivity contribution in [3.8, 4) is 0 Å². The molecule has 0 saturated carbocycles. The van der Waals surface area contributed by atoms with Gasteiger partial charge in [-0.3, -0.25) is 19.8 Å². The van der Waals surface area contributed by atoms with Crippen LogP contribution in [-0.4, -0.2) is 64.9 Å². The number of carbonyl (C=O) groups excluding carboxylic acids is 1. The number of carbonyl (C=O) groups is 1. The molecule has 4 rings (SSSR count). The van der Waals surface area contributed by atoms with Gasteiger partial charge >= 0.3 is 5.69 Å². The SMILES string of the molecule is CCC(N1CCN(C)CC1)N(c1ccccc1C(=O)c1ccccc1)c1ncccc1[N+](=O)[O-]. The Morgan fingerprint density at radius 1 is 1.03 bits per heavy atom. The van der Waals surface area contributed by atoms with E-state index in [0.29, 0.717) is 23.2 Å². The molecule has 8 nitrogen and oxygen atoms in total. The van der Waals surface area contributed by atoms with E-state index in [-0.39, 0.29) is 23.5 Å². The molecule has 0 aliphatic carbocycles. The predicted octanol–water partition coefficient (Wildman–Crippen LogP) is 4.34. The standard InChI is InChI=1S/C26H29N5O3/c1-3-24(29-18-16-28(2)17-19-29)30(26-23(31(33)34)14-9-15-27-26)22-13-8-7-12-21(22)25(32)20-10-5-4-6-11-20/h4-15,24H,3,16-19H2,1-2H3. The summed E-state index contributed by atoms with van der Waals surface area (Å²) in [4.78, 5) is 36.1. The van der Waals surface area contributed by atoms with Crippen molar-refractivity contribution in [2.24, 2.45) is 0 Å². The maximum Gasteiger partial charge on any atom is 0.311 e. The number of likely N-dealkylation sites (N-methyl/N-ethyl adjacent to an activating group) is 1. The predicted molar refractivity (Wildman–Crippen MR) is 132 cm³/mol. The normalized spacial score (nSPS) is 15.6. The van der Waals surface area contributed by atoms with Crippen LogP contribution in [-0.2, 0) is 0 Å². The molecule has 1 saturated heterocycles. The zero-order valence-electron chi connectivity index (χ0n) is 19.5. The third-order valence-corrected chi connectivity index (χ3v) is 6.26. The van der Waals surface area contributed by atoms with Gasteiger partial charge in [-0.1, -0.05) is 49.4 Å². The van der Waals surface area contributed by atoms with Gasteiger partial charge in [0.1, 0.15) is 0 Å². The van der Waals surface area contributed by atoms with Crippen molar-refractivity contribution in [1.29, 1.82) is 0 Å². The number of nitrogens with zero attached hydrogens (tertiary/aromatic N) is 5. The van der Waals surface area contributed by atoms with Gasteiger partial charge in [0.05, 0.1) is 16.8 Å². The highest BCUT2D eigenvalue weighted by Gasteiger charge is 2.34. The Kier molecular flexibility index (Phi) is 7.30. The van der Waals surface area contributed by atoms with Crippen LogP contribution in [0.5, 0.6) is 0 Å². The number of piperazine rings is 1. The van der Waals surface area contributed by atoms with Crippen LogP contribution in [0.15, 0.2) is 72.9 Å². The lowest BCUT2D eigenvalue weighted by molar-refractivity contribution is -0.384. The molecule has 1 aromatic heterocycles. The monoisotopic (exact) mass is 459 g/mol. The average Bonchev–Trinajstić information content (AvgIpc) is 2.88. The van der Waals surface area contributed by atoms with Crippen LogP contribution in [0.4, 0.5) is 17.2 Å². The molecule has 1 unspecified atom stereocenters. The summed E-state index contributed by atoms with van der Waals surface area (Å²) in [7, 11) is 2.09. The summed E-state index contributed by atoms with van der Waals surface area (Å²) in [5, 5.41) is 12.0. The zero-order valence-corrected chi connectivity index (χ0v) is 19.5. The van der Waals surface area contributed by atoms with Crippen molar-refractivity contribution in [1.82, 2.24) is 14.8 Å². The molecule has 1 aliphatic rings. The molecule has 0 amide bonds. The average molecular weight is 460 g/mol. The topological polar surface area (TPSA) is 82.8 Å². The number of benzene rings is 2. The molecule has 3 aromatic rings. The third kappa shape index (κ3) is 4.83. The number of nitro groups is 1. The highest BCUT2D eigenvalue weighted by Crippen LogP contribution is 2.37. The van der Waals surface area contributed by atoms with Gasteiger partial charge in [0.2, 0.25) is 5.82 Å². The quantitative estimate of drug-likeness (QED) is 0.281. The molecule has 0 spiro atoms. The maximum atomic E-state index is 13.6. The van der Waals surface area contributed by atoms with E-state index in [9.17, 15) is 14.9 Å². The van der Waals surface area contributed by atoms with E-state index in [0.717, 1.165) is 26.2 Å². The largest absolute Gasteiger partial charge is 0.311 e. The van der Waals surface area contributed by atoms with Crippen LogP contribution < -0.4 is 4.90 Å². The second-order valence-corrected chi connectivity index (χ2v) is 8.41. The lowest BCUT2D eigenvalue weighted by Crippen LogP contribution is -2.54. The summed E-state index contributed by atoms with van der Waals surface area (Å²) in [6.45, 7) is 5.51. The van der Waals surface area contributed by atoms with Gasteiger partial charge in [-0.15, -0.1) is 0 Å². The second kappa shape index (κ2) is 10.5. The van der Waals surface area contributed by atoms with Crippen LogP contribution in [0.25, 0.3) is 0 Å². The minimum atomic E-state index is -0.409. The summed E-state index contributed by atoms with van der Waals surface area (Å²) in [6.07, 6.45) is 2.06. The van der Waals surface area contributed by atoms with E-state index in [1.807, 2.05) is 41.3 Å². The summed E-state index contributed by atoms with van der Waals surface area (Å²) < 4.78 is 0. The lowest BCUT2D eigenvalue weighted by Gasteiger charge is -2.43. The van der Waals surface area contributed by atoms with Gasteiger partial charge < -0.3 is 9.80 Å². The first kappa shape index (κ1) is 23.5. The van der Waals surface area contributed by atoms with Crippen molar-refractivity contribution in [3.63, 3.8) is 0 Å². The number of ketones is 1. The number of anilines is 2. The van der Waals surface area contributed by atoms with E-state index < -0.39 is 4.92 Å². The number of hydrogen-bond acceptors (Lipinski definition) is 7. The smallest absolute Gasteiger partial charge is 0.304 e. The Labute approximate surface area is 199 Å². The Hall–Kier alpha value is -3.62. The number of aromatic nitrogens is 1. The molecule has 0 N–H and O–H groups in total. The molecule has 34 heavy (non-hydrogen) atoms. The third-order valence-electron chi connectivity index (χ3n) is 6.26. The fourth-order valence-corrected chi connectivity index (χ4v) is 4.48. The Morgan fingerprint density at radius 2 is 1.71 bits per heavy atom. The van der Waals surface area contributed by atoms with Crippen LogP contribution >= 0.6 is 0 Å². The van der Waals surface area contributed by atoms with Gasteiger partial charge in [-0.05, 0) is 31.7 Å². The van der Waals surface area contributed by atoms with Gasteiger partial charge in [0, 0.05) is 49.6 Å². The Bertz CT molecular complexity index is 1150. The molecule has 0 bridgehead atoms. The molecule has 1 fully saturated rings. The number of pyridine rings is 1. The van der Waals surface area contributed by atoms with Crippen molar-refractivity contribution in [3.05, 3.63) is 94.2 Å². The molecule has 0 radical (unpaired) electrons. The van der Waals surface area contributed by atoms with Crippen molar-refractivity contribution in [2.45, 2.75) is 19.5 Å². The lowest BCUT2D eigenvalue weighted by atomic mass is 10.00. The molecular weight excluding hydrogens is 430 g/mol. The maximum absolute atomic E-state index is 13.6. The van der Waals surface area contributed by atoms with E-state index >= 15 is 0 Å². The first-order chi connectivity index (χ1) is 16.5. The summed E-state index contributed by atoms with van der Waals surface area (Å²) in [6, 6.07) is 19.4. The molecule has 1 aliphatic heterocycles. The first-order valence-electron chi connectivity index (χ1n) is 11.5. The van der Waals surface area contributed by atoms with E-state index in [2.05, 4.69) is 28.8 Å². The van der Waals surface area contributed by atoms with Gasteiger partial charge in [0.15, 0.2) is 5.78 Å².